The standard InChI is InChI=1S/C22H22N6O5/c1-30-16-11-15(12-17(31-2)18(16)32-3)25-22-27-20(26-21-23-8-9-28(21)22)24-14-7-5-6-13(10-14)19(29)33-4/h5-12H,1-4H3,(H2,23,24,25,26,27). The number of imidazole rings is 1. The summed E-state index contributed by atoms with van der Waals surface area (Å²) < 4.78 is 22.7. The normalized spacial score (nSPS) is 10.5. The van der Waals surface area contributed by atoms with Crippen LogP contribution in [0.15, 0.2) is 48.8 Å². The van der Waals surface area contributed by atoms with E-state index < -0.39 is 5.97 Å². The second-order valence-corrected chi connectivity index (χ2v) is 6.70. The van der Waals surface area contributed by atoms with E-state index in [0.29, 0.717) is 45.9 Å². The molecular formula is C22H22N6O5. The molecule has 0 aliphatic rings. The Hall–Kier alpha value is -4.54. The molecule has 4 aromatic rings. The zero-order chi connectivity index (χ0) is 23.4. The van der Waals surface area contributed by atoms with E-state index in [-0.39, 0.29) is 5.95 Å². The Morgan fingerprint density at radius 3 is 2.33 bits per heavy atom. The zero-order valence-corrected chi connectivity index (χ0v) is 18.4. The fourth-order valence-corrected chi connectivity index (χ4v) is 3.21. The number of carbonyl (C=O) groups excluding carboxylic acids is 1. The molecule has 2 aromatic heterocycles. The minimum absolute atomic E-state index is 0.283. The molecule has 4 rings (SSSR count). The van der Waals surface area contributed by atoms with Crippen LogP contribution in [0.5, 0.6) is 17.2 Å². The molecule has 2 N–H and O–H groups in total. The highest BCUT2D eigenvalue weighted by atomic mass is 16.5. The average molecular weight is 450 g/mol. The number of hydrogen-bond donors (Lipinski definition) is 2. The van der Waals surface area contributed by atoms with Gasteiger partial charge in [-0.15, -0.1) is 0 Å². The topological polar surface area (TPSA) is 121 Å². The first-order chi connectivity index (χ1) is 16.1. The summed E-state index contributed by atoms with van der Waals surface area (Å²) >= 11 is 0. The third kappa shape index (κ3) is 4.42. The highest BCUT2D eigenvalue weighted by molar-refractivity contribution is 5.90. The molecule has 170 valence electrons. The SMILES string of the molecule is COC(=O)c1cccc(Nc2nc(Nc3cc(OC)c(OC)c(OC)c3)n3ccnc3n2)c1. The molecule has 2 aromatic carbocycles. The molecule has 11 heteroatoms. The molecular weight excluding hydrogens is 428 g/mol. The Kier molecular flexibility index (Phi) is 6.11. The van der Waals surface area contributed by atoms with Crippen molar-refractivity contribution in [2.24, 2.45) is 0 Å². The van der Waals surface area contributed by atoms with Crippen molar-refractivity contribution >= 4 is 35.0 Å². The summed E-state index contributed by atoms with van der Waals surface area (Å²) in [6.45, 7) is 0. The van der Waals surface area contributed by atoms with Gasteiger partial charge in [0.2, 0.25) is 23.4 Å². The smallest absolute Gasteiger partial charge is 0.337 e. The van der Waals surface area contributed by atoms with E-state index in [1.54, 1.807) is 74.5 Å². The molecule has 0 aliphatic heterocycles. The largest absolute Gasteiger partial charge is 0.493 e. The lowest BCUT2D eigenvalue weighted by molar-refractivity contribution is 0.0601. The fourth-order valence-electron chi connectivity index (χ4n) is 3.21. The van der Waals surface area contributed by atoms with E-state index in [4.69, 9.17) is 18.9 Å². The van der Waals surface area contributed by atoms with Crippen LogP contribution in [0.3, 0.4) is 0 Å². The number of aromatic nitrogens is 4. The van der Waals surface area contributed by atoms with Gasteiger partial charge in [-0.05, 0) is 18.2 Å². The van der Waals surface area contributed by atoms with Crippen LogP contribution in [0.2, 0.25) is 0 Å². The van der Waals surface area contributed by atoms with Crippen molar-refractivity contribution in [3.8, 4) is 17.2 Å². The summed E-state index contributed by atoms with van der Waals surface area (Å²) in [5.41, 5.74) is 1.67. The number of benzene rings is 2. The van der Waals surface area contributed by atoms with E-state index in [1.165, 1.54) is 7.11 Å². The van der Waals surface area contributed by atoms with Crippen LogP contribution in [0.1, 0.15) is 10.4 Å². The summed E-state index contributed by atoms with van der Waals surface area (Å²) in [6.07, 6.45) is 3.35. The molecule has 0 aliphatic carbocycles. The first-order valence-corrected chi connectivity index (χ1v) is 9.79. The lowest BCUT2D eigenvalue weighted by Crippen LogP contribution is -2.08. The summed E-state index contributed by atoms with van der Waals surface area (Å²) in [5.74, 6) is 2.18. The van der Waals surface area contributed by atoms with Gasteiger partial charge in [0.05, 0.1) is 34.0 Å². The Morgan fingerprint density at radius 2 is 1.67 bits per heavy atom. The molecule has 0 saturated heterocycles. The van der Waals surface area contributed by atoms with E-state index in [1.807, 2.05) is 0 Å². The van der Waals surface area contributed by atoms with E-state index in [9.17, 15) is 4.79 Å². The van der Waals surface area contributed by atoms with Gasteiger partial charge in [0.15, 0.2) is 11.5 Å². The number of anilines is 4. The number of nitrogens with one attached hydrogen (secondary N) is 2. The Labute approximate surface area is 189 Å². The molecule has 0 fully saturated rings. The van der Waals surface area contributed by atoms with Crippen LogP contribution in [0.4, 0.5) is 23.3 Å². The van der Waals surface area contributed by atoms with Gasteiger partial charge in [0.25, 0.3) is 0 Å². The van der Waals surface area contributed by atoms with E-state index in [2.05, 4.69) is 25.6 Å². The van der Waals surface area contributed by atoms with Gasteiger partial charge < -0.3 is 29.6 Å². The molecule has 0 bridgehead atoms. The second-order valence-electron chi connectivity index (χ2n) is 6.70. The minimum atomic E-state index is -0.437. The van der Waals surface area contributed by atoms with E-state index in [0.717, 1.165) is 0 Å². The van der Waals surface area contributed by atoms with Crippen molar-refractivity contribution in [1.29, 1.82) is 0 Å². The van der Waals surface area contributed by atoms with Crippen molar-refractivity contribution in [1.82, 2.24) is 19.4 Å². The molecule has 33 heavy (non-hydrogen) atoms. The minimum Gasteiger partial charge on any atom is -0.493 e. The molecule has 0 unspecified atom stereocenters. The molecule has 0 saturated carbocycles. The molecule has 0 atom stereocenters. The number of fused-ring (bicyclic) bond motifs is 1. The first-order valence-electron chi connectivity index (χ1n) is 9.79. The molecule has 0 amide bonds. The van der Waals surface area contributed by atoms with Crippen LogP contribution < -0.4 is 24.8 Å². The maximum atomic E-state index is 11.8. The number of rotatable bonds is 8. The molecule has 0 spiro atoms. The Balaban J connectivity index is 1.70. The van der Waals surface area contributed by atoms with E-state index >= 15 is 0 Å². The monoisotopic (exact) mass is 450 g/mol. The maximum Gasteiger partial charge on any atom is 0.337 e. The molecule has 2 heterocycles. The average Bonchev–Trinajstić information content (AvgIpc) is 3.32. The molecule has 0 radical (unpaired) electrons. The number of esters is 1. The van der Waals surface area contributed by atoms with Crippen LogP contribution in [0.25, 0.3) is 5.78 Å². The van der Waals surface area contributed by atoms with Gasteiger partial charge in [0, 0.05) is 35.9 Å². The summed E-state index contributed by atoms with van der Waals surface area (Å²) in [4.78, 5) is 25.1. The van der Waals surface area contributed by atoms with Crippen molar-refractivity contribution < 1.29 is 23.7 Å². The molecule has 11 nitrogen and oxygen atoms in total. The summed E-state index contributed by atoms with van der Waals surface area (Å²) in [5, 5.41) is 6.34. The Bertz CT molecular complexity index is 1280. The summed E-state index contributed by atoms with van der Waals surface area (Å²) in [7, 11) is 5.97. The summed E-state index contributed by atoms with van der Waals surface area (Å²) in [6, 6.07) is 10.4. The number of nitrogens with zero attached hydrogens (tertiary/aromatic N) is 4. The third-order valence-corrected chi connectivity index (χ3v) is 4.73. The van der Waals surface area contributed by atoms with Crippen LogP contribution in [-0.4, -0.2) is 53.8 Å². The number of hydrogen-bond acceptors (Lipinski definition) is 10. The lowest BCUT2D eigenvalue weighted by Gasteiger charge is -2.15. The Morgan fingerprint density at radius 1 is 0.909 bits per heavy atom. The van der Waals surface area contributed by atoms with Crippen molar-refractivity contribution in [3.05, 3.63) is 54.4 Å². The number of ether oxygens (including phenoxy) is 4. The predicted octanol–water partition coefficient (Wildman–Crippen LogP) is 3.42. The van der Waals surface area contributed by atoms with Crippen molar-refractivity contribution in [2.75, 3.05) is 39.1 Å². The van der Waals surface area contributed by atoms with Crippen LogP contribution in [-0.2, 0) is 4.74 Å². The zero-order valence-electron chi connectivity index (χ0n) is 18.4. The van der Waals surface area contributed by atoms with Gasteiger partial charge in [-0.25, -0.2) is 9.78 Å². The lowest BCUT2D eigenvalue weighted by atomic mass is 10.2. The third-order valence-electron chi connectivity index (χ3n) is 4.73. The van der Waals surface area contributed by atoms with Crippen LogP contribution in [0, 0.1) is 0 Å². The van der Waals surface area contributed by atoms with Crippen LogP contribution >= 0.6 is 0 Å². The van der Waals surface area contributed by atoms with Gasteiger partial charge in [-0.1, -0.05) is 6.07 Å². The van der Waals surface area contributed by atoms with Gasteiger partial charge in [-0.3, -0.25) is 4.40 Å². The van der Waals surface area contributed by atoms with Gasteiger partial charge in [0.1, 0.15) is 0 Å². The van der Waals surface area contributed by atoms with Crippen molar-refractivity contribution in [3.63, 3.8) is 0 Å². The van der Waals surface area contributed by atoms with Crippen molar-refractivity contribution in [2.45, 2.75) is 0 Å². The number of carbonyl (C=O) groups is 1. The second kappa shape index (κ2) is 9.30. The maximum absolute atomic E-state index is 11.8. The quantitative estimate of drug-likeness (QED) is 0.386. The highest BCUT2D eigenvalue weighted by Crippen LogP contribution is 2.40. The fraction of sp³-hybridized carbons (Fsp3) is 0.182. The first kappa shape index (κ1) is 21.7. The van der Waals surface area contributed by atoms with Gasteiger partial charge >= 0.3 is 5.97 Å². The number of methoxy groups -OCH3 is 4. The van der Waals surface area contributed by atoms with Gasteiger partial charge in [-0.2, -0.15) is 9.97 Å². The highest BCUT2D eigenvalue weighted by Gasteiger charge is 2.16. The predicted molar refractivity (Wildman–Crippen MR) is 121 cm³/mol.